The number of nitrogen functional groups attached to an aromatic ring is 1. The number of carbonyl (C=O) groups is 3. The average Bonchev–Trinajstić information content (AvgIpc) is 3.53. The molecule has 1 unspecified atom stereocenters. The van der Waals surface area contributed by atoms with Crippen molar-refractivity contribution in [2.45, 2.75) is 70.9 Å². The number of aromatic nitrogens is 1. The fourth-order valence-electron chi connectivity index (χ4n) is 4.66. The molecule has 1 atom stereocenters. The van der Waals surface area contributed by atoms with Gasteiger partial charge in [-0.2, -0.15) is 4.37 Å². The highest BCUT2D eigenvalue weighted by atomic mass is 32.1. The molecule has 0 spiro atoms. The number of hydrogen-bond acceptors (Lipinski definition) is 8. The highest BCUT2D eigenvalue weighted by Crippen LogP contribution is 2.35. The summed E-state index contributed by atoms with van der Waals surface area (Å²) >= 11 is 0.763. The zero-order valence-corrected chi connectivity index (χ0v) is 23.1. The van der Waals surface area contributed by atoms with Crippen molar-refractivity contribution in [3.63, 3.8) is 0 Å². The van der Waals surface area contributed by atoms with Gasteiger partial charge >= 0.3 is 0 Å². The van der Waals surface area contributed by atoms with Gasteiger partial charge in [0, 0.05) is 11.7 Å². The van der Waals surface area contributed by atoms with Crippen LogP contribution >= 0.6 is 11.5 Å². The van der Waals surface area contributed by atoms with Crippen molar-refractivity contribution in [2.75, 3.05) is 17.2 Å². The van der Waals surface area contributed by atoms with E-state index in [0.717, 1.165) is 56.5 Å². The molecule has 1 aliphatic carbocycles. The summed E-state index contributed by atoms with van der Waals surface area (Å²) in [5, 5.41) is 3.13. The van der Waals surface area contributed by atoms with E-state index in [1.807, 2.05) is 0 Å². The first kappa shape index (κ1) is 28.2. The van der Waals surface area contributed by atoms with E-state index in [1.54, 1.807) is 43.3 Å². The van der Waals surface area contributed by atoms with Gasteiger partial charge in [0.1, 0.15) is 22.1 Å². The predicted octanol–water partition coefficient (Wildman–Crippen LogP) is 4.74. The van der Waals surface area contributed by atoms with Crippen LogP contribution in [0.5, 0.6) is 5.75 Å². The molecule has 0 bridgehead atoms. The Morgan fingerprint density at radius 2 is 1.87 bits per heavy atom. The molecule has 0 saturated heterocycles. The Bertz CT molecular complexity index is 1300. The molecule has 0 radical (unpaired) electrons. The maximum absolute atomic E-state index is 14.1. The quantitative estimate of drug-likeness (QED) is 0.290. The molecular weight excluding hydrogens is 518 g/mol. The third-order valence-electron chi connectivity index (χ3n) is 6.74. The van der Waals surface area contributed by atoms with Crippen molar-refractivity contribution in [3.05, 3.63) is 58.5 Å². The van der Waals surface area contributed by atoms with Gasteiger partial charge in [-0.3, -0.25) is 19.3 Å². The van der Waals surface area contributed by atoms with Gasteiger partial charge in [0.2, 0.25) is 0 Å². The number of hydrogen-bond donors (Lipinski definition) is 3. The first-order valence-electron chi connectivity index (χ1n) is 13.3. The molecule has 3 amide bonds. The van der Waals surface area contributed by atoms with Crippen LogP contribution < -0.4 is 26.4 Å². The van der Waals surface area contributed by atoms with Gasteiger partial charge in [-0.05, 0) is 74.1 Å². The van der Waals surface area contributed by atoms with Gasteiger partial charge in [0.15, 0.2) is 11.7 Å². The molecule has 2 aromatic heterocycles. The number of benzene rings is 1. The number of furan rings is 1. The van der Waals surface area contributed by atoms with Crippen LogP contribution in [0.15, 0.2) is 40.8 Å². The summed E-state index contributed by atoms with van der Waals surface area (Å²) in [7, 11) is 0. The molecule has 11 heteroatoms. The molecule has 1 aliphatic rings. The molecule has 1 saturated carbocycles. The molecule has 39 heavy (non-hydrogen) atoms. The Morgan fingerprint density at radius 3 is 2.46 bits per heavy atom. The number of nitrogens with zero attached hydrogens (tertiary/aromatic N) is 2. The van der Waals surface area contributed by atoms with Crippen LogP contribution in [0, 0.1) is 6.92 Å². The number of rotatable bonds is 11. The zero-order valence-electron chi connectivity index (χ0n) is 22.3. The maximum Gasteiger partial charge on any atom is 0.273 e. The Hall–Kier alpha value is -3.86. The average molecular weight is 554 g/mol. The van der Waals surface area contributed by atoms with Gasteiger partial charge < -0.3 is 25.9 Å². The van der Waals surface area contributed by atoms with Crippen LogP contribution in [0.3, 0.4) is 0 Å². The summed E-state index contributed by atoms with van der Waals surface area (Å²) in [6.45, 7) is 4.43. The summed E-state index contributed by atoms with van der Waals surface area (Å²) in [4.78, 5) is 41.2. The smallest absolute Gasteiger partial charge is 0.273 e. The van der Waals surface area contributed by atoms with Gasteiger partial charge in [0.05, 0.1) is 12.3 Å². The largest absolute Gasteiger partial charge is 0.494 e. The normalized spacial score (nSPS) is 14.5. The van der Waals surface area contributed by atoms with Gasteiger partial charge in [-0.15, -0.1) is 0 Å². The summed E-state index contributed by atoms with van der Waals surface area (Å²) < 4.78 is 15.7. The van der Waals surface area contributed by atoms with Crippen LogP contribution in [-0.2, 0) is 4.79 Å². The minimum absolute atomic E-state index is 0.00539. The second-order valence-electron chi connectivity index (χ2n) is 9.70. The second kappa shape index (κ2) is 12.8. The van der Waals surface area contributed by atoms with E-state index in [4.69, 9.17) is 20.6 Å². The van der Waals surface area contributed by atoms with Crippen LogP contribution in [0.25, 0.3) is 0 Å². The number of aryl methyl sites for hydroxylation is 1. The minimum atomic E-state index is -1.14. The number of carbonyl (C=O) groups excluding carboxylic acids is 3. The molecule has 0 aliphatic heterocycles. The van der Waals surface area contributed by atoms with E-state index in [0.29, 0.717) is 29.6 Å². The topological polar surface area (TPSA) is 154 Å². The van der Waals surface area contributed by atoms with E-state index in [9.17, 15) is 14.4 Å². The number of unbranched alkanes of at least 4 members (excludes halogenated alkanes) is 1. The van der Waals surface area contributed by atoms with E-state index in [2.05, 4.69) is 16.6 Å². The SMILES string of the molecule is CCCCOc1ccc(N(C(=O)c2snc(C(N)=O)c2N)C(C(=O)NC2CCCCC2)c2ccc(C)o2)cc1. The highest BCUT2D eigenvalue weighted by Gasteiger charge is 2.38. The predicted molar refractivity (Wildman–Crippen MR) is 150 cm³/mol. The number of anilines is 2. The first-order valence-corrected chi connectivity index (χ1v) is 14.1. The van der Waals surface area contributed by atoms with E-state index < -0.39 is 17.9 Å². The summed E-state index contributed by atoms with van der Waals surface area (Å²) in [6.07, 6.45) is 6.87. The van der Waals surface area contributed by atoms with E-state index in [1.165, 1.54) is 4.90 Å². The minimum Gasteiger partial charge on any atom is -0.494 e. The molecule has 10 nitrogen and oxygen atoms in total. The standard InChI is InChI=1S/C28H35N5O5S/c1-3-4-16-37-20-13-11-19(12-14-20)33(28(36)25-22(29)23(26(30)34)32-39-25)24(21-15-10-17(2)38-21)27(35)31-18-8-6-5-7-9-18/h10-15,18,24H,3-9,16,29H2,1-2H3,(H2,30,34)(H,31,35). The van der Waals surface area contributed by atoms with Gasteiger partial charge in [-0.1, -0.05) is 32.6 Å². The summed E-state index contributed by atoms with van der Waals surface area (Å²) in [5.41, 5.74) is 11.7. The molecule has 3 aromatic rings. The third kappa shape index (κ3) is 6.59. The van der Waals surface area contributed by atoms with Crippen molar-refractivity contribution < 1.29 is 23.5 Å². The number of ether oxygens (including phenoxy) is 1. The van der Waals surface area contributed by atoms with Crippen LogP contribution in [0.1, 0.15) is 89.6 Å². The highest BCUT2D eigenvalue weighted by molar-refractivity contribution is 7.09. The zero-order chi connectivity index (χ0) is 27.9. The number of primary amides is 1. The Balaban J connectivity index is 1.77. The number of nitrogens with two attached hydrogens (primary N) is 2. The van der Waals surface area contributed by atoms with E-state index in [-0.39, 0.29) is 28.2 Å². The number of amides is 3. The second-order valence-corrected chi connectivity index (χ2v) is 10.5. The summed E-state index contributed by atoms with van der Waals surface area (Å²) in [6, 6.07) is 9.22. The van der Waals surface area contributed by atoms with Crippen molar-refractivity contribution >= 4 is 40.6 Å². The van der Waals surface area contributed by atoms with Crippen LogP contribution in [0.2, 0.25) is 0 Å². The van der Waals surface area contributed by atoms with Crippen LogP contribution in [-0.4, -0.2) is 34.7 Å². The van der Waals surface area contributed by atoms with Crippen molar-refractivity contribution in [3.8, 4) is 5.75 Å². The molecule has 2 heterocycles. The van der Waals surface area contributed by atoms with Gasteiger partial charge in [-0.25, -0.2) is 0 Å². The van der Waals surface area contributed by atoms with Crippen molar-refractivity contribution in [2.24, 2.45) is 5.73 Å². The van der Waals surface area contributed by atoms with Crippen molar-refractivity contribution in [1.29, 1.82) is 0 Å². The maximum atomic E-state index is 14.1. The molecule has 5 N–H and O–H groups in total. The van der Waals surface area contributed by atoms with E-state index >= 15 is 0 Å². The Labute approximate surface area is 231 Å². The Kier molecular flexibility index (Phi) is 9.23. The fraction of sp³-hybridized carbons (Fsp3) is 0.429. The molecule has 4 rings (SSSR count). The Morgan fingerprint density at radius 1 is 1.15 bits per heavy atom. The first-order chi connectivity index (χ1) is 18.8. The molecule has 1 aromatic carbocycles. The van der Waals surface area contributed by atoms with Crippen molar-refractivity contribution in [1.82, 2.24) is 9.69 Å². The lowest BCUT2D eigenvalue weighted by Crippen LogP contribution is -2.47. The molecular formula is C28H35N5O5S. The lowest BCUT2D eigenvalue weighted by Gasteiger charge is -2.32. The fourth-order valence-corrected chi connectivity index (χ4v) is 5.40. The molecule has 1 fully saturated rings. The van der Waals surface area contributed by atoms with Crippen LogP contribution in [0.4, 0.5) is 11.4 Å². The molecule has 208 valence electrons. The monoisotopic (exact) mass is 553 g/mol. The third-order valence-corrected chi connectivity index (χ3v) is 7.60. The van der Waals surface area contributed by atoms with Gasteiger partial charge in [0.25, 0.3) is 17.7 Å². The number of nitrogens with one attached hydrogen (secondary N) is 1. The lowest BCUT2D eigenvalue weighted by molar-refractivity contribution is -0.123. The summed E-state index contributed by atoms with van der Waals surface area (Å²) in [5.74, 6) is -0.265. The lowest BCUT2D eigenvalue weighted by atomic mass is 9.95.